The van der Waals surface area contributed by atoms with Gasteiger partial charge in [-0.15, -0.1) is 0 Å². The van der Waals surface area contributed by atoms with Crippen LogP contribution in [-0.2, 0) is 6.54 Å². The third kappa shape index (κ3) is 3.03. The first-order valence-electron chi connectivity index (χ1n) is 7.03. The normalized spacial score (nSPS) is 12.3. The Kier molecular flexibility index (Phi) is 3.84. The summed E-state index contributed by atoms with van der Waals surface area (Å²) in [6, 6.07) is 18.1. The monoisotopic (exact) mass is 278 g/mol. The second kappa shape index (κ2) is 5.94. The van der Waals surface area contributed by atoms with Crippen molar-refractivity contribution in [3.63, 3.8) is 0 Å². The Morgan fingerprint density at radius 3 is 2.48 bits per heavy atom. The minimum atomic E-state index is -0.704. The van der Waals surface area contributed by atoms with Crippen molar-refractivity contribution in [2.45, 2.75) is 19.6 Å². The number of benzene rings is 2. The lowest BCUT2D eigenvalue weighted by Gasteiger charge is -2.14. The zero-order chi connectivity index (χ0) is 14.7. The highest BCUT2D eigenvalue weighted by Gasteiger charge is 2.16. The van der Waals surface area contributed by atoms with Crippen LogP contribution >= 0.6 is 0 Å². The van der Waals surface area contributed by atoms with Gasteiger partial charge in [0.25, 0.3) is 0 Å². The van der Waals surface area contributed by atoms with E-state index in [1.165, 1.54) is 11.1 Å². The predicted octanol–water partition coefficient (Wildman–Crippen LogP) is 3.32. The van der Waals surface area contributed by atoms with E-state index in [1.54, 1.807) is 6.20 Å². The summed E-state index contributed by atoms with van der Waals surface area (Å²) in [7, 11) is 0. The van der Waals surface area contributed by atoms with E-state index in [4.69, 9.17) is 0 Å². The van der Waals surface area contributed by atoms with Crippen LogP contribution in [0.1, 0.15) is 28.6 Å². The highest BCUT2D eigenvalue weighted by Crippen LogP contribution is 2.21. The van der Waals surface area contributed by atoms with Crippen molar-refractivity contribution in [3.8, 4) is 0 Å². The zero-order valence-electron chi connectivity index (χ0n) is 12.0. The highest BCUT2D eigenvalue weighted by molar-refractivity contribution is 5.27. The van der Waals surface area contributed by atoms with Crippen LogP contribution in [-0.4, -0.2) is 14.7 Å². The largest absolute Gasteiger partial charge is 0.380 e. The summed E-state index contributed by atoms with van der Waals surface area (Å²) >= 11 is 0. The molecule has 3 heteroatoms. The average Bonchev–Trinajstić information content (AvgIpc) is 2.96. The second-order valence-corrected chi connectivity index (χ2v) is 5.21. The molecule has 1 atom stereocenters. The number of aromatic nitrogens is 2. The van der Waals surface area contributed by atoms with E-state index in [9.17, 15) is 5.11 Å². The van der Waals surface area contributed by atoms with Crippen molar-refractivity contribution in [1.82, 2.24) is 9.55 Å². The van der Waals surface area contributed by atoms with Crippen molar-refractivity contribution < 1.29 is 5.11 Å². The fourth-order valence-corrected chi connectivity index (χ4v) is 2.38. The number of hydrogen-bond acceptors (Lipinski definition) is 2. The van der Waals surface area contributed by atoms with E-state index in [0.717, 1.165) is 5.56 Å². The molecule has 3 rings (SSSR count). The van der Waals surface area contributed by atoms with E-state index < -0.39 is 6.10 Å². The van der Waals surface area contributed by atoms with Gasteiger partial charge in [-0.05, 0) is 18.1 Å². The number of aliphatic hydroxyl groups excluding tert-OH is 1. The Morgan fingerprint density at radius 1 is 1.05 bits per heavy atom. The van der Waals surface area contributed by atoms with Gasteiger partial charge in [0.1, 0.15) is 11.9 Å². The standard InChI is InChI=1S/C18H18N2O/c1-14-7-9-16(10-8-14)17(21)18-19-11-12-20(18)13-15-5-3-2-4-6-15/h2-12,17,21H,13H2,1H3/t17-/m0/s1. The van der Waals surface area contributed by atoms with Crippen LogP contribution in [0.3, 0.4) is 0 Å². The first kappa shape index (κ1) is 13.6. The van der Waals surface area contributed by atoms with Crippen molar-refractivity contribution in [2.24, 2.45) is 0 Å². The van der Waals surface area contributed by atoms with Crippen LogP contribution < -0.4 is 0 Å². The third-order valence-electron chi connectivity index (χ3n) is 3.58. The molecule has 0 fully saturated rings. The topological polar surface area (TPSA) is 38.1 Å². The van der Waals surface area contributed by atoms with Crippen molar-refractivity contribution in [1.29, 1.82) is 0 Å². The molecule has 0 aliphatic heterocycles. The number of aryl methyl sites for hydroxylation is 1. The summed E-state index contributed by atoms with van der Waals surface area (Å²) in [4.78, 5) is 4.32. The van der Waals surface area contributed by atoms with Gasteiger partial charge >= 0.3 is 0 Å². The van der Waals surface area contributed by atoms with Crippen molar-refractivity contribution in [2.75, 3.05) is 0 Å². The number of imidazole rings is 1. The molecule has 0 aliphatic rings. The molecular weight excluding hydrogens is 260 g/mol. The highest BCUT2D eigenvalue weighted by atomic mass is 16.3. The SMILES string of the molecule is Cc1ccc([C@H](O)c2nccn2Cc2ccccc2)cc1. The first-order chi connectivity index (χ1) is 10.2. The molecule has 0 unspecified atom stereocenters. The van der Waals surface area contributed by atoms with E-state index >= 15 is 0 Å². The zero-order valence-corrected chi connectivity index (χ0v) is 12.0. The number of nitrogens with zero attached hydrogens (tertiary/aromatic N) is 2. The van der Waals surface area contributed by atoms with E-state index in [2.05, 4.69) is 17.1 Å². The lowest BCUT2D eigenvalue weighted by molar-refractivity contribution is 0.205. The Morgan fingerprint density at radius 2 is 1.76 bits per heavy atom. The molecule has 3 nitrogen and oxygen atoms in total. The minimum Gasteiger partial charge on any atom is -0.380 e. The van der Waals surface area contributed by atoms with E-state index in [0.29, 0.717) is 12.4 Å². The minimum absolute atomic E-state index is 0.669. The van der Waals surface area contributed by atoms with Crippen LogP contribution in [0, 0.1) is 6.92 Å². The molecule has 21 heavy (non-hydrogen) atoms. The molecule has 0 radical (unpaired) electrons. The fraction of sp³-hybridized carbons (Fsp3) is 0.167. The fourth-order valence-electron chi connectivity index (χ4n) is 2.38. The van der Waals surface area contributed by atoms with E-state index in [-0.39, 0.29) is 0 Å². The Labute approximate surface area is 124 Å². The van der Waals surface area contributed by atoms with Crippen molar-refractivity contribution >= 4 is 0 Å². The number of aliphatic hydroxyl groups is 1. The first-order valence-corrected chi connectivity index (χ1v) is 7.03. The van der Waals surface area contributed by atoms with Gasteiger partial charge in [0.2, 0.25) is 0 Å². The summed E-state index contributed by atoms with van der Waals surface area (Å²) in [5.41, 5.74) is 3.23. The summed E-state index contributed by atoms with van der Waals surface area (Å²) in [6.45, 7) is 2.74. The molecule has 2 aromatic carbocycles. The molecule has 1 aromatic heterocycles. The Hall–Kier alpha value is -2.39. The average molecular weight is 278 g/mol. The molecule has 106 valence electrons. The maximum absolute atomic E-state index is 10.5. The molecule has 0 amide bonds. The smallest absolute Gasteiger partial charge is 0.142 e. The van der Waals surface area contributed by atoms with Gasteiger partial charge < -0.3 is 9.67 Å². The van der Waals surface area contributed by atoms with Gasteiger partial charge in [-0.3, -0.25) is 0 Å². The Balaban J connectivity index is 1.86. The van der Waals surface area contributed by atoms with Gasteiger partial charge in [0.05, 0.1) is 0 Å². The second-order valence-electron chi connectivity index (χ2n) is 5.21. The van der Waals surface area contributed by atoms with Gasteiger partial charge in [-0.1, -0.05) is 60.2 Å². The molecule has 0 bridgehead atoms. The van der Waals surface area contributed by atoms with Crippen LogP contribution in [0.25, 0.3) is 0 Å². The van der Waals surface area contributed by atoms with Crippen LogP contribution in [0.4, 0.5) is 0 Å². The third-order valence-corrected chi connectivity index (χ3v) is 3.58. The van der Waals surface area contributed by atoms with E-state index in [1.807, 2.05) is 60.2 Å². The lowest BCUT2D eigenvalue weighted by Crippen LogP contribution is -2.10. The van der Waals surface area contributed by atoms with Crippen LogP contribution in [0.5, 0.6) is 0 Å². The summed E-state index contributed by atoms with van der Waals surface area (Å²) in [5, 5.41) is 10.5. The summed E-state index contributed by atoms with van der Waals surface area (Å²) in [5.74, 6) is 0.669. The summed E-state index contributed by atoms with van der Waals surface area (Å²) in [6.07, 6.45) is 2.93. The molecule has 0 aliphatic carbocycles. The molecule has 1 heterocycles. The van der Waals surface area contributed by atoms with Crippen LogP contribution in [0.2, 0.25) is 0 Å². The molecule has 0 saturated heterocycles. The molecule has 3 aromatic rings. The number of hydrogen-bond donors (Lipinski definition) is 1. The molecular formula is C18H18N2O. The van der Waals surface area contributed by atoms with Crippen molar-refractivity contribution in [3.05, 3.63) is 89.5 Å². The molecule has 1 N–H and O–H groups in total. The maximum atomic E-state index is 10.5. The predicted molar refractivity (Wildman–Crippen MR) is 83.0 cm³/mol. The summed E-state index contributed by atoms with van der Waals surface area (Å²) < 4.78 is 1.99. The molecule has 0 saturated carbocycles. The van der Waals surface area contributed by atoms with Gasteiger partial charge in [-0.25, -0.2) is 4.98 Å². The van der Waals surface area contributed by atoms with Gasteiger partial charge in [-0.2, -0.15) is 0 Å². The number of rotatable bonds is 4. The van der Waals surface area contributed by atoms with Gasteiger partial charge in [0, 0.05) is 18.9 Å². The Bertz CT molecular complexity index is 702. The lowest BCUT2D eigenvalue weighted by atomic mass is 10.1. The molecule has 0 spiro atoms. The maximum Gasteiger partial charge on any atom is 0.142 e. The van der Waals surface area contributed by atoms with Gasteiger partial charge in [0.15, 0.2) is 0 Å². The quantitative estimate of drug-likeness (QED) is 0.795. The van der Waals surface area contributed by atoms with Crippen LogP contribution in [0.15, 0.2) is 67.0 Å².